The average molecular weight is 368 g/mol. The van der Waals surface area contributed by atoms with E-state index >= 15 is 0 Å². The molecule has 1 aliphatic carbocycles. The van der Waals surface area contributed by atoms with E-state index in [1.54, 1.807) is 0 Å². The lowest BCUT2D eigenvalue weighted by molar-refractivity contribution is -0.147. The summed E-state index contributed by atoms with van der Waals surface area (Å²) in [4.78, 5) is 14.0. The van der Waals surface area contributed by atoms with E-state index in [-0.39, 0.29) is 0 Å². The summed E-state index contributed by atoms with van der Waals surface area (Å²) < 4.78 is 6.40. The number of hydrogen-bond donors (Lipinski definition) is 1. The fourth-order valence-electron chi connectivity index (χ4n) is 3.31. The lowest BCUT2D eigenvalue weighted by Gasteiger charge is -2.38. The molecule has 22 heavy (non-hydrogen) atoms. The highest BCUT2D eigenvalue weighted by Gasteiger charge is 2.45. The molecular formula is C17H22BrNO3. The van der Waals surface area contributed by atoms with Crippen molar-refractivity contribution in [3.63, 3.8) is 0 Å². The zero-order chi connectivity index (χ0) is 15.6. The molecule has 2 aliphatic rings. The summed E-state index contributed by atoms with van der Waals surface area (Å²) in [6.07, 6.45) is 3.48. The molecule has 1 N–H and O–H groups in total. The van der Waals surface area contributed by atoms with E-state index in [0.717, 1.165) is 68.6 Å². The van der Waals surface area contributed by atoms with Crippen LogP contribution in [0.25, 0.3) is 0 Å². The number of morpholine rings is 1. The van der Waals surface area contributed by atoms with Gasteiger partial charge in [-0.3, -0.25) is 9.69 Å². The Morgan fingerprint density at radius 3 is 2.59 bits per heavy atom. The Morgan fingerprint density at radius 1 is 1.32 bits per heavy atom. The molecule has 1 aromatic carbocycles. The SMILES string of the molecule is O=C(O)C1(c2ccc(CCN3CCOCC3)c(Br)c2)CCC1. The fourth-order valence-corrected chi connectivity index (χ4v) is 3.88. The van der Waals surface area contributed by atoms with Crippen molar-refractivity contribution in [3.8, 4) is 0 Å². The van der Waals surface area contributed by atoms with Crippen LogP contribution in [0.1, 0.15) is 30.4 Å². The minimum atomic E-state index is -0.688. The molecule has 1 saturated carbocycles. The summed E-state index contributed by atoms with van der Waals surface area (Å²) in [6.45, 7) is 4.66. The molecule has 0 amide bonds. The molecule has 0 atom stereocenters. The highest BCUT2D eigenvalue weighted by molar-refractivity contribution is 9.10. The Bertz CT molecular complexity index is 551. The number of carboxylic acid groups (broad SMARTS) is 1. The zero-order valence-electron chi connectivity index (χ0n) is 12.7. The van der Waals surface area contributed by atoms with Crippen molar-refractivity contribution in [2.75, 3.05) is 32.8 Å². The quantitative estimate of drug-likeness (QED) is 0.869. The van der Waals surface area contributed by atoms with Crippen molar-refractivity contribution in [2.45, 2.75) is 31.1 Å². The standard InChI is InChI=1S/C17H22BrNO3/c18-15-12-14(17(16(20)21)5-1-6-17)3-2-13(15)4-7-19-8-10-22-11-9-19/h2-3,12H,1,4-11H2,(H,20,21). The van der Waals surface area contributed by atoms with E-state index in [2.05, 4.69) is 26.9 Å². The second kappa shape index (κ2) is 6.69. The van der Waals surface area contributed by atoms with E-state index in [1.807, 2.05) is 12.1 Å². The van der Waals surface area contributed by atoms with Crippen LogP contribution < -0.4 is 0 Å². The van der Waals surface area contributed by atoms with Gasteiger partial charge in [0.2, 0.25) is 0 Å². The maximum absolute atomic E-state index is 11.6. The van der Waals surface area contributed by atoms with E-state index in [1.165, 1.54) is 5.56 Å². The maximum Gasteiger partial charge on any atom is 0.314 e. The van der Waals surface area contributed by atoms with Gasteiger partial charge in [-0.15, -0.1) is 0 Å². The lowest BCUT2D eigenvalue weighted by Crippen LogP contribution is -2.42. The van der Waals surface area contributed by atoms with Crippen LogP contribution in [-0.4, -0.2) is 48.8 Å². The van der Waals surface area contributed by atoms with Gasteiger partial charge in [0.25, 0.3) is 0 Å². The predicted molar refractivity (Wildman–Crippen MR) is 88.3 cm³/mol. The number of benzene rings is 1. The van der Waals surface area contributed by atoms with Crippen LogP contribution in [0.15, 0.2) is 22.7 Å². The second-order valence-electron chi connectivity index (χ2n) is 6.25. The van der Waals surface area contributed by atoms with Crippen molar-refractivity contribution in [1.82, 2.24) is 4.90 Å². The molecule has 1 aliphatic heterocycles. The Morgan fingerprint density at radius 2 is 2.05 bits per heavy atom. The smallest absolute Gasteiger partial charge is 0.314 e. The summed E-state index contributed by atoms with van der Waals surface area (Å²) in [5, 5.41) is 9.54. The van der Waals surface area contributed by atoms with Crippen LogP contribution in [0.5, 0.6) is 0 Å². The Balaban J connectivity index is 1.68. The normalized spacial score (nSPS) is 21.3. The molecule has 1 aromatic rings. The van der Waals surface area contributed by atoms with Gasteiger partial charge in [-0.05, 0) is 36.5 Å². The molecule has 5 heteroatoms. The number of ether oxygens (including phenoxy) is 1. The van der Waals surface area contributed by atoms with Crippen LogP contribution in [0, 0.1) is 0 Å². The maximum atomic E-state index is 11.6. The van der Waals surface area contributed by atoms with Crippen molar-refractivity contribution >= 4 is 21.9 Å². The van der Waals surface area contributed by atoms with Gasteiger partial charge in [-0.2, -0.15) is 0 Å². The van der Waals surface area contributed by atoms with Gasteiger partial charge in [0, 0.05) is 24.1 Å². The van der Waals surface area contributed by atoms with Crippen molar-refractivity contribution < 1.29 is 14.6 Å². The van der Waals surface area contributed by atoms with Gasteiger partial charge in [-0.1, -0.05) is 34.5 Å². The summed E-state index contributed by atoms with van der Waals surface area (Å²) >= 11 is 3.63. The van der Waals surface area contributed by atoms with Gasteiger partial charge in [0.1, 0.15) is 0 Å². The van der Waals surface area contributed by atoms with Crippen molar-refractivity contribution in [3.05, 3.63) is 33.8 Å². The van der Waals surface area contributed by atoms with Crippen LogP contribution in [0.4, 0.5) is 0 Å². The summed E-state index contributed by atoms with van der Waals surface area (Å²) in [7, 11) is 0. The Hall–Kier alpha value is -0.910. The highest BCUT2D eigenvalue weighted by Crippen LogP contribution is 2.44. The van der Waals surface area contributed by atoms with E-state index in [9.17, 15) is 9.90 Å². The number of aliphatic carboxylic acids is 1. The monoisotopic (exact) mass is 367 g/mol. The van der Waals surface area contributed by atoms with E-state index in [4.69, 9.17) is 4.74 Å². The molecule has 0 aromatic heterocycles. The average Bonchev–Trinajstić information content (AvgIpc) is 2.46. The molecule has 1 saturated heterocycles. The van der Waals surface area contributed by atoms with Crippen LogP contribution in [0.2, 0.25) is 0 Å². The molecule has 4 nitrogen and oxygen atoms in total. The Kier molecular flexibility index (Phi) is 4.85. The van der Waals surface area contributed by atoms with E-state index in [0.29, 0.717) is 0 Å². The summed E-state index contributed by atoms with van der Waals surface area (Å²) in [5.74, 6) is -0.688. The van der Waals surface area contributed by atoms with Crippen molar-refractivity contribution in [2.24, 2.45) is 0 Å². The van der Waals surface area contributed by atoms with Gasteiger partial charge in [-0.25, -0.2) is 0 Å². The summed E-state index contributed by atoms with van der Waals surface area (Å²) in [5.41, 5.74) is 1.54. The molecule has 3 rings (SSSR count). The first-order chi connectivity index (χ1) is 10.6. The fraction of sp³-hybridized carbons (Fsp3) is 0.588. The molecule has 0 bridgehead atoms. The summed E-state index contributed by atoms with van der Waals surface area (Å²) in [6, 6.07) is 6.11. The number of halogens is 1. The molecule has 0 spiro atoms. The Labute approximate surface area is 139 Å². The molecule has 1 heterocycles. The third-order valence-corrected chi connectivity index (χ3v) is 5.76. The number of carbonyl (C=O) groups is 1. The first-order valence-electron chi connectivity index (χ1n) is 7.94. The minimum absolute atomic E-state index is 0.648. The lowest BCUT2D eigenvalue weighted by atomic mass is 9.64. The first-order valence-corrected chi connectivity index (χ1v) is 8.73. The molecule has 2 fully saturated rings. The number of carboxylic acids is 1. The van der Waals surface area contributed by atoms with Crippen LogP contribution in [0.3, 0.4) is 0 Å². The number of hydrogen-bond acceptors (Lipinski definition) is 3. The van der Waals surface area contributed by atoms with E-state index < -0.39 is 11.4 Å². The van der Waals surface area contributed by atoms with Gasteiger partial charge < -0.3 is 9.84 Å². The molecule has 0 radical (unpaired) electrons. The first kappa shape index (κ1) is 16.0. The minimum Gasteiger partial charge on any atom is -0.481 e. The number of rotatable bonds is 5. The van der Waals surface area contributed by atoms with Crippen molar-refractivity contribution in [1.29, 1.82) is 0 Å². The highest BCUT2D eigenvalue weighted by atomic mass is 79.9. The predicted octanol–water partition coefficient (Wildman–Crippen LogP) is 2.83. The zero-order valence-corrected chi connectivity index (χ0v) is 14.3. The third-order valence-electron chi connectivity index (χ3n) is 5.02. The second-order valence-corrected chi connectivity index (χ2v) is 7.11. The van der Waals surface area contributed by atoms with Gasteiger partial charge in [0.15, 0.2) is 0 Å². The number of nitrogens with zero attached hydrogens (tertiary/aromatic N) is 1. The largest absolute Gasteiger partial charge is 0.481 e. The third kappa shape index (κ3) is 3.07. The molecule has 0 unspecified atom stereocenters. The molecule has 120 valence electrons. The van der Waals surface area contributed by atoms with Gasteiger partial charge >= 0.3 is 5.97 Å². The van der Waals surface area contributed by atoms with Crippen LogP contribution in [-0.2, 0) is 21.4 Å². The topological polar surface area (TPSA) is 49.8 Å². The van der Waals surface area contributed by atoms with Gasteiger partial charge in [0.05, 0.1) is 18.6 Å². The van der Waals surface area contributed by atoms with Crippen LogP contribution >= 0.6 is 15.9 Å². The molecular weight excluding hydrogens is 346 g/mol.